The third kappa shape index (κ3) is 3.49. The Morgan fingerprint density at radius 1 is 1.10 bits per heavy atom. The Balaban J connectivity index is 2.32. The van der Waals surface area contributed by atoms with Gasteiger partial charge in [-0.2, -0.15) is 0 Å². The molecule has 0 aliphatic rings. The first-order valence-electron chi connectivity index (χ1n) is 6.07. The van der Waals surface area contributed by atoms with Crippen molar-refractivity contribution in [2.75, 3.05) is 7.11 Å². The van der Waals surface area contributed by atoms with Crippen LogP contribution in [0.1, 0.15) is 17.2 Å². The molecule has 1 unspecified atom stereocenters. The summed E-state index contributed by atoms with van der Waals surface area (Å²) in [6, 6.07) is 5.82. The van der Waals surface area contributed by atoms with Crippen LogP contribution in [0, 0.1) is 17.5 Å². The molecule has 2 nitrogen and oxygen atoms in total. The van der Waals surface area contributed by atoms with Crippen LogP contribution in [-0.2, 0) is 6.42 Å². The van der Waals surface area contributed by atoms with Crippen molar-refractivity contribution in [1.29, 1.82) is 0 Å². The second-order valence-corrected chi connectivity index (χ2v) is 4.90. The average molecular weight is 317 g/mol. The first-order valence-corrected chi connectivity index (χ1v) is 6.45. The number of methoxy groups -OCH3 is 1. The van der Waals surface area contributed by atoms with Crippen LogP contribution < -0.4 is 4.74 Å². The van der Waals surface area contributed by atoms with Gasteiger partial charge in [-0.1, -0.05) is 11.6 Å². The molecule has 0 saturated heterocycles. The molecule has 1 atom stereocenters. The Bertz CT molecular complexity index is 662. The second-order valence-electron chi connectivity index (χ2n) is 4.46. The molecule has 1 N–H and O–H groups in total. The summed E-state index contributed by atoms with van der Waals surface area (Å²) in [7, 11) is 1.44. The number of rotatable bonds is 4. The number of halogens is 4. The molecule has 0 radical (unpaired) electrons. The van der Waals surface area contributed by atoms with E-state index in [4.69, 9.17) is 16.3 Å². The van der Waals surface area contributed by atoms with E-state index in [1.54, 1.807) is 18.2 Å². The van der Waals surface area contributed by atoms with Crippen LogP contribution >= 0.6 is 11.6 Å². The fraction of sp³-hybridized carbons (Fsp3) is 0.200. The van der Waals surface area contributed by atoms with Gasteiger partial charge in [0.05, 0.1) is 13.2 Å². The van der Waals surface area contributed by atoms with Crippen LogP contribution in [-0.4, -0.2) is 12.2 Å². The molecule has 0 fully saturated rings. The van der Waals surface area contributed by atoms with Crippen LogP contribution in [0.2, 0.25) is 5.02 Å². The molecule has 0 amide bonds. The Hall–Kier alpha value is -1.72. The van der Waals surface area contributed by atoms with Gasteiger partial charge in [-0.3, -0.25) is 0 Å². The summed E-state index contributed by atoms with van der Waals surface area (Å²) in [4.78, 5) is 0. The number of ether oxygens (including phenoxy) is 1. The average Bonchev–Trinajstić information content (AvgIpc) is 2.43. The van der Waals surface area contributed by atoms with Gasteiger partial charge in [0.25, 0.3) is 0 Å². The van der Waals surface area contributed by atoms with E-state index < -0.39 is 23.6 Å². The molecule has 2 rings (SSSR count). The lowest BCUT2D eigenvalue weighted by Crippen LogP contribution is -2.07. The minimum Gasteiger partial charge on any atom is -0.496 e. The third-order valence-electron chi connectivity index (χ3n) is 3.05. The van der Waals surface area contributed by atoms with E-state index in [-0.39, 0.29) is 12.0 Å². The minimum absolute atomic E-state index is 0.0499. The van der Waals surface area contributed by atoms with Crippen LogP contribution in [0.15, 0.2) is 30.3 Å². The van der Waals surface area contributed by atoms with Crippen molar-refractivity contribution in [3.05, 3.63) is 63.9 Å². The van der Waals surface area contributed by atoms with E-state index >= 15 is 0 Å². The van der Waals surface area contributed by atoms with Crippen molar-refractivity contribution < 1.29 is 23.0 Å². The maximum absolute atomic E-state index is 13.6. The van der Waals surface area contributed by atoms with Crippen LogP contribution in [0.25, 0.3) is 0 Å². The number of hydrogen-bond donors (Lipinski definition) is 1. The smallest absolute Gasteiger partial charge is 0.161 e. The summed E-state index contributed by atoms with van der Waals surface area (Å²) in [6.07, 6.45) is -1.40. The van der Waals surface area contributed by atoms with E-state index in [9.17, 15) is 18.3 Å². The highest BCUT2D eigenvalue weighted by Gasteiger charge is 2.19. The van der Waals surface area contributed by atoms with Crippen molar-refractivity contribution in [3.8, 4) is 5.75 Å². The zero-order chi connectivity index (χ0) is 15.6. The van der Waals surface area contributed by atoms with E-state index in [0.29, 0.717) is 28.5 Å². The highest BCUT2D eigenvalue weighted by atomic mass is 35.5. The maximum atomic E-state index is 13.6. The molecule has 21 heavy (non-hydrogen) atoms. The molecule has 0 aliphatic carbocycles. The Morgan fingerprint density at radius 3 is 2.43 bits per heavy atom. The van der Waals surface area contributed by atoms with E-state index in [2.05, 4.69) is 0 Å². The van der Waals surface area contributed by atoms with Crippen molar-refractivity contribution in [3.63, 3.8) is 0 Å². The summed E-state index contributed by atoms with van der Waals surface area (Å²) in [5, 5.41) is 10.5. The van der Waals surface area contributed by atoms with Gasteiger partial charge in [0.15, 0.2) is 11.6 Å². The Labute approximate surface area is 124 Å². The Morgan fingerprint density at radius 2 is 1.76 bits per heavy atom. The lowest BCUT2D eigenvalue weighted by Gasteiger charge is -2.15. The molecular formula is C15H12ClF3O2. The quantitative estimate of drug-likeness (QED) is 0.863. The molecule has 0 heterocycles. The summed E-state index contributed by atoms with van der Waals surface area (Å²) >= 11 is 5.86. The van der Waals surface area contributed by atoms with Crippen LogP contribution in [0.4, 0.5) is 13.2 Å². The number of benzene rings is 2. The molecule has 0 saturated carbocycles. The van der Waals surface area contributed by atoms with Gasteiger partial charge in [-0.15, -0.1) is 0 Å². The molecule has 2 aromatic rings. The fourth-order valence-electron chi connectivity index (χ4n) is 2.02. The van der Waals surface area contributed by atoms with Gasteiger partial charge in [0.2, 0.25) is 0 Å². The predicted octanol–water partition coefficient (Wildman–Crippen LogP) is 4.04. The first-order chi connectivity index (χ1) is 9.92. The summed E-state index contributed by atoms with van der Waals surface area (Å²) in [6.45, 7) is 0. The largest absolute Gasteiger partial charge is 0.496 e. The number of aliphatic hydroxyl groups is 1. The minimum atomic E-state index is -1.35. The number of aliphatic hydroxyl groups excluding tert-OH is 1. The molecule has 2 aromatic carbocycles. The zero-order valence-corrected chi connectivity index (χ0v) is 11.8. The van der Waals surface area contributed by atoms with Crippen molar-refractivity contribution in [1.82, 2.24) is 0 Å². The van der Waals surface area contributed by atoms with Gasteiger partial charge in [-0.25, -0.2) is 13.2 Å². The second kappa shape index (κ2) is 6.37. The molecule has 6 heteroatoms. The Kier molecular flexibility index (Phi) is 4.75. The molecule has 0 spiro atoms. The topological polar surface area (TPSA) is 29.5 Å². The summed E-state index contributed by atoms with van der Waals surface area (Å²) in [5.74, 6) is -3.07. The van der Waals surface area contributed by atoms with Gasteiger partial charge in [-0.05, 0) is 29.8 Å². The molecular weight excluding hydrogens is 305 g/mol. The van der Waals surface area contributed by atoms with Crippen LogP contribution in [0.5, 0.6) is 5.75 Å². The third-order valence-corrected chi connectivity index (χ3v) is 3.29. The van der Waals surface area contributed by atoms with E-state index in [1.807, 2.05) is 0 Å². The highest BCUT2D eigenvalue weighted by molar-refractivity contribution is 6.30. The van der Waals surface area contributed by atoms with E-state index in [1.165, 1.54) is 7.11 Å². The maximum Gasteiger partial charge on any atom is 0.161 e. The van der Waals surface area contributed by atoms with E-state index in [0.717, 1.165) is 0 Å². The number of hydrogen-bond acceptors (Lipinski definition) is 2. The van der Waals surface area contributed by atoms with Gasteiger partial charge < -0.3 is 9.84 Å². The molecule has 0 aromatic heterocycles. The van der Waals surface area contributed by atoms with Gasteiger partial charge in [0, 0.05) is 23.1 Å². The molecule has 0 aliphatic heterocycles. The summed E-state index contributed by atoms with van der Waals surface area (Å²) in [5.41, 5.74) is 0.206. The fourth-order valence-corrected chi connectivity index (χ4v) is 2.21. The lowest BCUT2D eigenvalue weighted by molar-refractivity contribution is 0.171. The lowest BCUT2D eigenvalue weighted by atomic mass is 10.00. The monoisotopic (exact) mass is 316 g/mol. The molecule has 0 bridgehead atoms. The van der Waals surface area contributed by atoms with Gasteiger partial charge >= 0.3 is 0 Å². The van der Waals surface area contributed by atoms with Crippen LogP contribution in [0.3, 0.4) is 0 Å². The van der Waals surface area contributed by atoms with Crippen molar-refractivity contribution in [2.45, 2.75) is 12.5 Å². The standard InChI is InChI=1S/C15H12ClF3O2/c1-21-15-3-2-9(16)4-8(15)5-14(20)10-6-12(18)13(19)7-11(10)17/h2-4,6-7,14,20H,5H2,1H3. The van der Waals surface area contributed by atoms with Crippen molar-refractivity contribution in [2.24, 2.45) is 0 Å². The SMILES string of the molecule is COc1ccc(Cl)cc1CC(O)c1cc(F)c(F)cc1F. The summed E-state index contributed by atoms with van der Waals surface area (Å²) < 4.78 is 44.8. The predicted molar refractivity (Wildman–Crippen MR) is 73.0 cm³/mol. The zero-order valence-electron chi connectivity index (χ0n) is 11.0. The normalized spacial score (nSPS) is 12.3. The highest BCUT2D eigenvalue weighted by Crippen LogP contribution is 2.29. The molecule has 112 valence electrons. The first kappa shape index (κ1) is 15.7. The van der Waals surface area contributed by atoms with Gasteiger partial charge in [0.1, 0.15) is 11.6 Å². The van der Waals surface area contributed by atoms with Crippen molar-refractivity contribution >= 4 is 11.6 Å².